The van der Waals surface area contributed by atoms with E-state index in [2.05, 4.69) is 15.5 Å². The molecule has 5 rings (SSSR count). The highest BCUT2D eigenvalue weighted by Gasteiger charge is 2.30. The predicted octanol–water partition coefficient (Wildman–Crippen LogP) is 3.68. The van der Waals surface area contributed by atoms with E-state index in [9.17, 15) is 19.7 Å². The van der Waals surface area contributed by atoms with Gasteiger partial charge in [-0.25, -0.2) is 9.37 Å². The third kappa shape index (κ3) is 2.53. The molecule has 0 fully saturated rings. The minimum absolute atomic E-state index is 0.109. The molecule has 1 aliphatic heterocycles. The molecule has 0 saturated heterocycles. The Balaban J connectivity index is 1.75. The molecule has 1 aliphatic rings. The Labute approximate surface area is 169 Å². The number of aromatic nitrogens is 2. The molecule has 2 N–H and O–H groups in total. The van der Waals surface area contributed by atoms with Crippen LogP contribution < -0.4 is 10.9 Å². The van der Waals surface area contributed by atoms with E-state index in [4.69, 9.17) is 0 Å². The molecule has 30 heavy (non-hydrogen) atoms. The van der Waals surface area contributed by atoms with Gasteiger partial charge in [-0.05, 0) is 54.6 Å². The summed E-state index contributed by atoms with van der Waals surface area (Å²) in [6, 6.07) is 17.8. The number of nitriles is 1. The second-order valence-corrected chi connectivity index (χ2v) is 6.70. The van der Waals surface area contributed by atoms with Crippen molar-refractivity contribution in [1.29, 1.82) is 5.26 Å². The molecule has 0 atom stereocenters. The minimum atomic E-state index is -0.356. The number of rotatable bonds is 2. The molecule has 0 unspecified atom stereocenters. The van der Waals surface area contributed by atoms with Gasteiger partial charge in [0, 0.05) is 11.3 Å². The van der Waals surface area contributed by atoms with E-state index >= 15 is 0 Å². The summed E-state index contributed by atoms with van der Waals surface area (Å²) < 4.78 is 14.6. The second-order valence-electron chi connectivity index (χ2n) is 6.70. The Hall–Kier alpha value is -4.51. The van der Waals surface area contributed by atoms with Crippen molar-refractivity contribution in [3.8, 4) is 11.8 Å². The van der Waals surface area contributed by atoms with E-state index in [1.54, 1.807) is 48.5 Å². The Morgan fingerprint density at radius 3 is 2.67 bits per heavy atom. The van der Waals surface area contributed by atoms with Crippen LogP contribution in [-0.4, -0.2) is 20.5 Å². The van der Waals surface area contributed by atoms with Crippen molar-refractivity contribution in [2.45, 2.75) is 0 Å². The van der Waals surface area contributed by atoms with E-state index in [-0.39, 0.29) is 22.9 Å². The molecule has 3 aromatic carbocycles. The third-order valence-electron chi connectivity index (χ3n) is 4.96. The van der Waals surface area contributed by atoms with Crippen molar-refractivity contribution in [3.05, 3.63) is 93.8 Å². The smallest absolute Gasteiger partial charge is 0.266 e. The van der Waals surface area contributed by atoms with Crippen LogP contribution in [0.4, 0.5) is 15.8 Å². The second kappa shape index (κ2) is 6.53. The van der Waals surface area contributed by atoms with Crippen molar-refractivity contribution in [2.24, 2.45) is 5.16 Å². The van der Waals surface area contributed by atoms with Crippen LogP contribution in [0.5, 0.6) is 0 Å². The number of para-hydroxylation sites is 1. The number of fused-ring (bicyclic) bond motifs is 4. The van der Waals surface area contributed by atoms with Gasteiger partial charge in [0.05, 0.1) is 28.4 Å². The highest BCUT2D eigenvalue weighted by molar-refractivity contribution is 6.17. The normalized spacial score (nSPS) is 13.1. The quantitative estimate of drug-likeness (QED) is 0.349. The molecular weight excluding hydrogens is 385 g/mol. The van der Waals surface area contributed by atoms with Crippen LogP contribution in [0, 0.1) is 17.1 Å². The fourth-order valence-corrected chi connectivity index (χ4v) is 3.59. The maximum Gasteiger partial charge on any atom is 0.266 e. The molecule has 7 nitrogen and oxygen atoms in total. The summed E-state index contributed by atoms with van der Waals surface area (Å²) in [5, 5.41) is 25.6. The first-order valence-electron chi connectivity index (χ1n) is 8.96. The van der Waals surface area contributed by atoms with Crippen molar-refractivity contribution in [2.75, 3.05) is 5.32 Å². The van der Waals surface area contributed by atoms with Gasteiger partial charge in [0.25, 0.3) is 5.56 Å². The maximum atomic E-state index is 13.3. The van der Waals surface area contributed by atoms with Crippen molar-refractivity contribution in [1.82, 2.24) is 9.55 Å². The van der Waals surface area contributed by atoms with Crippen molar-refractivity contribution < 1.29 is 9.60 Å². The fourth-order valence-electron chi connectivity index (χ4n) is 3.59. The van der Waals surface area contributed by atoms with Gasteiger partial charge in [-0.2, -0.15) is 5.26 Å². The Bertz CT molecular complexity index is 1470. The summed E-state index contributed by atoms with van der Waals surface area (Å²) >= 11 is 0. The Kier molecular flexibility index (Phi) is 3.83. The number of nitrogens with one attached hydrogen (secondary N) is 1. The maximum absolute atomic E-state index is 13.3. The largest absolute Gasteiger partial charge is 0.410 e. The first kappa shape index (κ1) is 17.6. The predicted molar refractivity (Wildman–Crippen MR) is 109 cm³/mol. The van der Waals surface area contributed by atoms with Gasteiger partial charge >= 0.3 is 0 Å². The van der Waals surface area contributed by atoms with Gasteiger partial charge in [0.2, 0.25) is 0 Å². The molecule has 1 aromatic heterocycles. The van der Waals surface area contributed by atoms with E-state index in [0.717, 1.165) is 0 Å². The SMILES string of the molecule is N#Cc1ccc2c(c1)/C(=N/O)c1nc3c(Nc4ccc(F)cc4)cccc3c(=O)n1-2. The number of benzene rings is 3. The monoisotopic (exact) mass is 397 g/mol. The molecule has 0 radical (unpaired) electrons. The van der Waals surface area contributed by atoms with Crippen LogP contribution in [-0.2, 0) is 0 Å². The standard InChI is InChI=1S/C22H12FN5O2/c23-13-5-7-14(8-6-13)25-17-3-1-2-15-19(17)26-21-20(27-30)16-10-12(11-24)4-9-18(16)28(21)22(15)29/h1-10,25,30H/b27-20-. The van der Waals surface area contributed by atoms with E-state index in [1.807, 2.05) is 6.07 Å². The summed E-state index contributed by atoms with van der Waals surface area (Å²) in [5.41, 5.74) is 2.65. The van der Waals surface area contributed by atoms with Gasteiger partial charge in [-0.3, -0.25) is 9.36 Å². The summed E-state index contributed by atoms with van der Waals surface area (Å²) in [4.78, 5) is 17.9. The van der Waals surface area contributed by atoms with Gasteiger partial charge in [0.1, 0.15) is 11.3 Å². The lowest BCUT2D eigenvalue weighted by Gasteiger charge is -2.11. The molecule has 0 spiro atoms. The Morgan fingerprint density at radius 1 is 1.13 bits per heavy atom. The summed E-state index contributed by atoms with van der Waals surface area (Å²) in [7, 11) is 0. The zero-order valence-electron chi connectivity index (χ0n) is 15.3. The first-order valence-corrected chi connectivity index (χ1v) is 8.96. The van der Waals surface area contributed by atoms with Gasteiger partial charge in [0.15, 0.2) is 11.5 Å². The van der Waals surface area contributed by atoms with Crippen LogP contribution in [0.25, 0.3) is 16.6 Å². The number of nitrogens with zero attached hydrogens (tertiary/aromatic N) is 4. The van der Waals surface area contributed by atoms with Crippen LogP contribution in [0.3, 0.4) is 0 Å². The number of anilines is 2. The zero-order chi connectivity index (χ0) is 20.8. The van der Waals surface area contributed by atoms with Crippen LogP contribution in [0.1, 0.15) is 17.0 Å². The first-order chi connectivity index (χ1) is 14.6. The highest BCUT2D eigenvalue weighted by Crippen LogP contribution is 2.30. The molecule has 4 aromatic rings. The Morgan fingerprint density at radius 2 is 1.93 bits per heavy atom. The van der Waals surface area contributed by atoms with Crippen molar-refractivity contribution >= 4 is 28.0 Å². The van der Waals surface area contributed by atoms with Crippen LogP contribution >= 0.6 is 0 Å². The number of hydrogen-bond donors (Lipinski definition) is 2. The van der Waals surface area contributed by atoms with Crippen LogP contribution in [0.15, 0.2) is 70.6 Å². The number of hydrogen-bond acceptors (Lipinski definition) is 6. The lowest BCUT2D eigenvalue weighted by molar-refractivity contribution is 0.319. The third-order valence-corrected chi connectivity index (χ3v) is 4.96. The lowest BCUT2D eigenvalue weighted by Crippen LogP contribution is -2.22. The lowest BCUT2D eigenvalue weighted by atomic mass is 10.1. The molecule has 0 bridgehead atoms. The minimum Gasteiger partial charge on any atom is -0.410 e. The van der Waals surface area contributed by atoms with Crippen LogP contribution in [0.2, 0.25) is 0 Å². The summed E-state index contributed by atoms with van der Waals surface area (Å²) in [5.74, 6) is -0.181. The molecule has 0 saturated carbocycles. The fraction of sp³-hybridized carbons (Fsp3) is 0. The summed E-state index contributed by atoms with van der Waals surface area (Å²) in [6.45, 7) is 0. The van der Waals surface area contributed by atoms with Crippen molar-refractivity contribution in [3.63, 3.8) is 0 Å². The molecule has 2 heterocycles. The van der Waals surface area contributed by atoms with Gasteiger partial charge in [-0.15, -0.1) is 0 Å². The van der Waals surface area contributed by atoms with Gasteiger partial charge in [-0.1, -0.05) is 11.2 Å². The molecule has 144 valence electrons. The van der Waals surface area contributed by atoms with E-state index in [0.29, 0.717) is 39.1 Å². The highest BCUT2D eigenvalue weighted by atomic mass is 19.1. The summed E-state index contributed by atoms with van der Waals surface area (Å²) in [6.07, 6.45) is 0. The zero-order valence-corrected chi connectivity index (χ0v) is 15.3. The van der Waals surface area contributed by atoms with E-state index < -0.39 is 0 Å². The van der Waals surface area contributed by atoms with E-state index in [1.165, 1.54) is 16.7 Å². The molecular formula is C22H12FN5O2. The number of oxime groups is 1. The topological polar surface area (TPSA) is 103 Å². The average Bonchev–Trinajstić information content (AvgIpc) is 3.08. The molecule has 8 heteroatoms. The van der Waals surface area contributed by atoms with Gasteiger partial charge < -0.3 is 10.5 Å². The number of halogens is 1. The molecule has 0 aliphatic carbocycles. The average molecular weight is 397 g/mol. The molecule has 0 amide bonds.